The fourth-order valence-corrected chi connectivity index (χ4v) is 0.881. The molecule has 0 saturated carbocycles. The van der Waals surface area contributed by atoms with Gasteiger partial charge in [-0.15, -0.1) is 0 Å². The molecular weight excluding hydrogens is 152 g/mol. The Hall–Kier alpha value is -0.860. The summed E-state index contributed by atoms with van der Waals surface area (Å²) in [4.78, 5) is 4.27. The predicted octanol–water partition coefficient (Wildman–Crippen LogP) is 2.39. The van der Waals surface area contributed by atoms with E-state index >= 15 is 0 Å². The average Bonchev–Trinajstić information content (AvgIpc) is 2.50. The second-order valence-corrected chi connectivity index (χ2v) is 3.44. The first-order valence-electron chi connectivity index (χ1n) is 4.47. The van der Waals surface area contributed by atoms with E-state index in [1.54, 1.807) is 0 Å². The van der Waals surface area contributed by atoms with E-state index in [2.05, 4.69) is 30.9 Å². The Morgan fingerprint density at radius 2 is 2.00 bits per heavy atom. The number of nitrogens with zero attached hydrogens (tertiary/aromatic N) is 2. The van der Waals surface area contributed by atoms with Gasteiger partial charge in [0.2, 0.25) is 5.89 Å². The molecule has 0 N–H and O–H groups in total. The predicted molar refractivity (Wildman–Crippen MR) is 46.9 cm³/mol. The third kappa shape index (κ3) is 1.84. The molecule has 68 valence electrons. The van der Waals surface area contributed by atoms with Crippen molar-refractivity contribution in [3.05, 3.63) is 11.7 Å². The summed E-state index contributed by atoms with van der Waals surface area (Å²) >= 11 is 0. The molecule has 0 aromatic carbocycles. The molecule has 0 spiro atoms. The molecule has 1 unspecified atom stereocenters. The van der Waals surface area contributed by atoms with Crippen LogP contribution in [0.3, 0.4) is 0 Å². The normalized spacial score (nSPS) is 13.8. The zero-order chi connectivity index (χ0) is 9.14. The zero-order valence-corrected chi connectivity index (χ0v) is 8.16. The van der Waals surface area contributed by atoms with Crippen molar-refractivity contribution in [2.24, 2.45) is 5.92 Å². The van der Waals surface area contributed by atoms with Gasteiger partial charge in [0.15, 0.2) is 5.82 Å². The highest BCUT2D eigenvalue weighted by molar-refractivity contribution is 4.93. The van der Waals surface area contributed by atoms with Crippen molar-refractivity contribution < 1.29 is 4.52 Å². The Morgan fingerprint density at radius 3 is 2.42 bits per heavy atom. The van der Waals surface area contributed by atoms with Crippen molar-refractivity contribution in [2.75, 3.05) is 0 Å². The van der Waals surface area contributed by atoms with E-state index in [1.165, 1.54) is 0 Å². The maximum Gasteiger partial charge on any atom is 0.229 e. The Kier molecular flexibility index (Phi) is 2.84. The fourth-order valence-electron chi connectivity index (χ4n) is 0.881. The molecule has 0 aliphatic heterocycles. The van der Waals surface area contributed by atoms with Gasteiger partial charge in [-0.3, -0.25) is 0 Å². The van der Waals surface area contributed by atoms with Crippen LogP contribution in [0.15, 0.2) is 4.52 Å². The molecular formula is C9H16N2O. The molecule has 0 fully saturated rings. The third-order valence-corrected chi connectivity index (χ3v) is 2.19. The van der Waals surface area contributed by atoms with Crippen LogP contribution in [-0.2, 0) is 6.42 Å². The quantitative estimate of drug-likeness (QED) is 0.695. The summed E-state index contributed by atoms with van der Waals surface area (Å²) < 4.78 is 5.12. The van der Waals surface area contributed by atoms with Gasteiger partial charge in [-0.2, -0.15) is 4.98 Å². The lowest BCUT2D eigenvalue weighted by atomic mass is 9.98. The molecule has 1 rings (SSSR count). The monoisotopic (exact) mass is 168 g/mol. The van der Waals surface area contributed by atoms with E-state index in [0.717, 1.165) is 18.1 Å². The van der Waals surface area contributed by atoms with Gasteiger partial charge < -0.3 is 4.52 Å². The molecule has 3 nitrogen and oxygen atoms in total. The number of hydrogen-bond acceptors (Lipinski definition) is 3. The van der Waals surface area contributed by atoms with Crippen LogP contribution in [0.4, 0.5) is 0 Å². The van der Waals surface area contributed by atoms with Crippen LogP contribution in [0, 0.1) is 5.92 Å². The van der Waals surface area contributed by atoms with Crippen molar-refractivity contribution in [3.8, 4) is 0 Å². The summed E-state index contributed by atoms with van der Waals surface area (Å²) in [5.41, 5.74) is 0. The molecule has 1 aromatic heterocycles. The Bertz CT molecular complexity index is 242. The molecule has 3 heteroatoms. The highest BCUT2D eigenvalue weighted by Gasteiger charge is 2.16. The van der Waals surface area contributed by atoms with Gasteiger partial charge in [0.25, 0.3) is 0 Å². The van der Waals surface area contributed by atoms with Crippen molar-refractivity contribution in [1.82, 2.24) is 10.1 Å². The van der Waals surface area contributed by atoms with Gasteiger partial charge in [-0.25, -0.2) is 0 Å². The van der Waals surface area contributed by atoms with E-state index < -0.39 is 0 Å². The standard InChI is InChI=1S/C9H16N2O/c1-5-8-10-9(12-11-8)7(4)6(2)3/h6-7H,5H2,1-4H3. The topological polar surface area (TPSA) is 38.9 Å². The number of aryl methyl sites for hydroxylation is 1. The van der Waals surface area contributed by atoms with Crippen LogP contribution in [0.25, 0.3) is 0 Å². The largest absolute Gasteiger partial charge is 0.339 e. The van der Waals surface area contributed by atoms with Gasteiger partial charge >= 0.3 is 0 Å². The average molecular weight is 168 g/mol. The lowest BCUT2D eigenvalue weighted by Crippen LogP contribution is -2.02. The van der Waals surface area contributed by atoms with Gasteiger partial charge in [-0.05, 0) is 5.92 Å². The molecule has 0 amide bonds. The first-order chi connectivity index (χ1) is 5.65. The molecule has 0 saturated heterocycles. The van der Waals surface area contributed by atoms with Crippen LogP contribution >= 0.6 is 0 Å². The molecule has 1 atom stereocenters. The number of rotatable bonds is 3. The second kappa shape index (κ2) is 3.70. The highest BCUT2D eigenvalue weighted by atomic mass is 16.5. The maximum atomic E-state index is 5.12. The SMILES string of the molecule is CCc1noc(C(C)C(C)C)n1. The lowest BCUT2D eigenvalue weighted by Gasteiger charge is -2.08. The van der Waals surface area contributed by atoms with Gasteiger partial charge in [0.1, 0.15) is 0 Å². The number of hydrogen-bond donors (Lipinski definition) is 0. The van der Waals surface area contributed by atoms with Crippen LogP contribution in [0.2, 0.25) is 0 Å². The van der Waals surface area contributed by atoms with Crippen molar-refractivity contribution >= 4 is 0 Å². The Balaban J connectivity index is 2.74. The first-order valence-corrected chi connectivity index (χ1v) is 4.47. The van der Waals surface area contributed by atoms with E-state index in [-0.39, 0.29) is 0 Å². The summed E-state index contributed by atoms with van der Waals surface area (Å²) in [5.74, 6) is 2.48. The van der Waals surface area contributed by atoms with E-state index in [0.29, 0.717) is 11.8 Å². The first kappa shape index (κ1) is 9.23. The van der Waals surface area contributed by atoms with E-state index in [9.17, 15) is 0 Å². The van der Waals surface area contributed by atoms with Gasteiger partial charge in [0.05, 0.1) is 0 Å². The smallest absolute Gasteiger partial charge is 0.229 e. The van der Waals surface area contributed by atoms with Crippen LogP contribution in [-0.4, -0.2) is 10.1 Å². The van der Waals surface area contributed by atoms with Gasteiger partial charge in [-0.1, -0.05) is 32.9 Å². The molecule has 0 bridgehead atoms. The lowest BCUT2D eigenvalue weighted by molar-refractivity contribution is 0.329. The summed E-state index contributed by atoms with van der Waals surface area (Å²) in [6.45, 7) is 8.44. The maximum absolute atomic E-state index is 5.12. The Labute approximate surface area is 73.2 Å². The fraction of sp³-hybridized carbons (Fsp3) is 0.778. The summed E-state index contributed by atoms with van der Waals surface area (Å²) in [6.07, 6.45) is 0.842. The molecule has 0 aliphatic carbocycles. The van der Waals surface area contributed by atoms with Gasteiger partial charge in [0, 0.05) is 12.3 Å². The van der Waals surface area contributed by atoms with E-state index in [1.807, 2.05) is 6.92 Å². The number of aromatic nitrogens is 2. The minimum atomic E-state index is 0.359. The summed E-state index contributed by atoms with van der Waals surface area (Å²) in [5, 5.41) is 3.85. The van der Waals surface area contributed by atoms with E-state index in [4.69, 9.17) is 4.52 Å². The van der Waals surface area contributed by atoms with Crippen LogP contribution in [0.1, 0.15) is 45.3 Å². The third-order valence-electron chi connectivity index (χ3n) is 2.19. The van der Waals surface area contributed by atoms with Crippen molar-refractivity contribution in [3.63, 3.8) is 0 Å². The highest BCUT2D eigenvalue weighted by Crippen LogP contribution is 2.21. The zero-order valence-electron chi connectivity index (χ0n) is 8.16. The van der Waals surface area contributed by atoms with Crippen molar-refractivity contribution in [2.45, 2.75) is 40.0 Å². The minimum absolute atomic E-state index is 0.359. The molecule has 1 aromatic rings. The Morgan fingerprint density at radius 1 is 1.33 bits per heavy atom. The molecule has 12 heavy (non-hydrogen) atoms. The summed E-state index contributed by atoms with van der Waals surface area (Å²) in [7, 11) is 0. The molecule has 0 radical (unpaired) electrons. The molecule has 1 heterocycles. The van der Waals surface area contributed by atoms with Crippen LogP contribution < -0.4 is 0 Å². The van der Waals surface area contributed by atoms with Crippen LogP contribution in [0.5, 0.6) is 0 Å². The summed E-state index contributed by atoms with van der Waals surface area (Å²) in [6, 6.07) is 0. The van der Waals surface area contributed by atoms with Crippen molar-refractivity contribution in [1.29, 1.82) is 0 Å². The second-order valence-electron chi connectivity index (χ2n) is 3.44. The molecule has 0 aliphatic rings. The minimum Gasteiger partial charge on any atom is -0.339 e.